The van der Waals surface area contributed by atoms with E-state index in [0.717, 1.165) is 20.4 Å². The summed E-state index contributed by atoms with van der Waals surface area (Å²) in [5, 5.41) is 7.62. The molecule has 0 saturated carbocycles. The second-order valence-corrected chi connectivity index (χ2v) is 8.09. The van der Waals surface area contributed by atoms with Gasteiger partial charge in [0.05, 0.1) is 16.1 Å². The lowest BCUT2D eigenvalue weighted by molar-refractivity contribution is 0.102. The minimum atomic E-state index is -0.253. The van der Waals surface area contributed by atoms with E-state index in [1.165, 1.54) is 11.3 Å². The topological polar surface area (TPSA) is 58.2 Å². The number of aryl methyl sites for hydroxylation is 2. The summed E-state index contributed by atoms with van der Waals surface area (Å²) >= 11 is 3.51. The molecule has 0 unspecified atom stereocenters. The molecule has 1 heterocycles. The van der Waals surface area contributed by atoms with E-state index in [2.05, 4.69) is 33.2 Å². The van der Waals surface area contributed by atoms with Crippen LogP contribution >= 0.6 is 33.9 Å². The number of anilines is 2. The van der Waals surface area contributed by atoms with Crippen LogP contribution in [0, 0.1) is 17.4 Å². The Morgan fingerprint density at radius 3 is 2.35 bits per heavy atom. The summed E-state index contributed by atoms with van der Waals surface area (Å²) in [7, 11) is 0. The van der Waals surface area contributed by atoms with Crippen molar-refractivity contribution in [2.45, 2.75) is 13.8 Å². The van der Waals surface area contributed by atoms with Crippen LogP contribution < -0.4 is 10.6 Å². The Balaban J connectivity index is 1.87. The smallest absolute Gasteiger partial charge is 0.265 e. The standard InChI is InChI=1S/C20H17IN2O2S/c1-12-5-7-16(13(2)10-12)22-19(24)15-11-14(21)6-8-17(15)23-20(25)18-4-3-9-26-18/h3-11H,1-2H3,(H,22,24)(H,23,25). The predicted molar refractivity (Wildman–Crippen MR) is 115 cm³/mol. The fourth-order valence-electron chi connectivity index (χ4n) is 2.55. The van der Waals surface area contributed by atoms with E-state index >= 15 is 0 Å². The maximum Gasteiger partial charge on any atom is 0.265 e. The van der Waals surface area contributed by atoms with Gasteiger partial charge in [0.1, 0.15) is 0 Å². The molecule has 0 radical (unpaired) electrons. The van der Waals surface area contributed by atoms with Crippen molar-refractivity contribution in [1.82, 2.24) is 0 Å². The van der Waals surface area contributed by atoms with Crippen LogP contribution in [-0.4, -0.2) is 11.8 Å². The van der Waals surface area contributed by atoms with Crippen LogP contribution in [0.2, 0.25) is 0 Å². The Kier molecular flexibility index (Phi) is 5.73. The van der Waals surface area contributed by atoms with E-state index in [-0.39, 0.29) is 11.8 Å². The van der Waals surface area contributed by atoms with Crippen molar-refractivity contribution in [3.8, 4) is 0 Å². The average Bonchev–Trinajstić information content (AvgIpc) is 3.13. The van der Waals surface area contributed by atoms with Gasteiger partial charge in [-0.15, -0.1) is 11.3 Å². The number of amides is 2. The Labute approximate surface area is 169 Å². The molecule has 26 heavy (non-hydrogen) atoms. The molecular weight excluding hydrogens is 459 g/mol. The van der Waals surface area contributed by atoms with Crippen LogP contribution in [0.4, 0.5) is 11.4 Å². The van der Waals surface area contributed by atoms with Gasteiger partial charge in [0.2, 0.25) is 0 Å². The number of carbonyl (C=O) groups is 2. The number of thiophene rings is 1. The quantitative estimate of drug-likeness (QED) is 0.491. The Bertz CT molecular complexity index is 968. The number of carbonyl (C=O) groups excluding carboxylic acids is 2. The molecule has 2 amide bonds. The highest BCUT2D eigenvalue weighted by Crippen LogP contribution is 2.23. The number of benzene rings is 2. The first kappa shape index (κ1) is 18.6. The second-order valence-electron chi connectivity index (χ2n) is 5.89. The minimum Gasteiger partial charge on any atom is -0.322 e. The normalized spacial score (nSPS) is 10.4. The lowest BCUT2D eigenvalue weighted by Crippen LogP contribution is -2.18. The van der Waals surface area contributed by atoms with Crippen LogP contribution in [0.5, 0.6) is 0 Å². The zero-order valence-electron chi connectivity index (χ0n) is 14.3. The molecule has 1 aromatic heterocycles. The largest absolute Gasteiger partial charge is 0.322 e. The molecule has 0 bridgehead atoms. The van der Waals surface area contributed by atoms with Crippen molar-refractivity contribution in [3.05, 3.63) is 79.0 Å². The van der Waals surface area contributed by atoms with E-state index in [9.17, 15) is 9.59 Å². The summed E-state index contributed by atoms with van der Waals surface area (Å²) < 4.78 is 0.919. The lowest BCUT2D eigenvalue weighted by atomic mass is 10.1. The van der Waals surface area contributed by atoms with Crippen molar-refractivity contribution >= 4 is 57.1 Å². The first-order chi connectivity index (χ1) is 12.4. The lowest BCUT2D eigenvalue weighted by Gasteiger charge is -2.13. The second kappa shape index (κ2) is 8.01. The molecule has 132 valence electrons. The maximum atomic E-state index is 12.8. The average molecular weight is 476 g/mol. The maximum absolute atomic E-state index is 12.8. The van der Waals surface area contributed by atoms with Crippen LogP contribution in [0.3, 0.4) is 0 Å². The summed E-state index contributed by atoms with van der Waals surface area (Å²) in [6, 6.07) is 14.8. The third-order valence-electron chi connectivity index (χ3n) is 3.85. The molecule has 0 atom stereocenters. The zero-order valence-corrected chi connectivity index (χ0v) is 17.3. The van der Waals surface area contributed by atoms with E-state index in [4.69, 9.17) is 0 Å². The van der Waals surface area contributed by atoms with Crippen LogP contribution in [0.25, 0.3) is 0 Å². The van der Waals surface area contributed by atoms with Crippen molar-refractivity contribution in [2.24, 2.45) is 0 Å². The summed E-state index contributed by atoms with van der Waals surface area (Å²) in [5.74, 6) is -0.473. The van der Waals surface area contributed by atoms with E-state index in [1.807, 2.05) is 49.6 Å². The van der Waals surface area contributed by atoms with Gasteiger partial charge >= 0.3 is 0 Å². The summed E-state index contributed by atoms with van der Waals surface area (Å²) in [4.78, 5) is 25.8. The van der Waals surface area contributed by atoms with Crippen LogP contribution in [-0.2, 0) is 0 Å². The van der Waals surface area contributed by atoms with Gasteiger partial charge in [-0.1, -0.05) is 23.8 Å². The van der Waals surface area contributed by atoms with E-state index in [1.54, 1.807) is 18.2 Å². The summed E-state index contributed by atoms with van der Waals surface area (Å²) in [5.41, 5.74) is 3.81. The monoisotopic (exact) mass is 476 g/mol. The molecule has 0 aliphatic rings. The van der Waals surface area contributed by atoms with Crippen molar-refractivity contribution in [2.75, 3.05) is 10.6 Å². The van der Waals surface area contributed by atoms with E-state index < -0.39 is 0 Å². The number of hydrogen-bond donors (Lipinski definition) is 2. The fraction of sp³-hybridized carbons (Fsp3) is 0.100. The number of rotatable bonds is 4. The minimum absolute atomic E-state index is 0.221. The van der Waals surface area contributed by atoms with Gasteiger partial charge in [0.25, 0.3) is 11.8 Å². The van der Waals surface area contributed by atoms with Gasteiger partial charge in [-0.05, 0) is 77.7 Å². The summed E-state index contributed by atoms with van der Waals surface area (Å²) in [6.45, 7) is 3.97. The van der Waals surface area contributed by atoms with Gasteiger partial charge in [0, 0.05) is 9.26 Å². The van der Waals surface area contributed by atoms with E-state index in [0.29, 0.717) is 16.1 Å². The number of halogens is 1. The Hall–Kier alpha value is -2.19. The predicted octanol–water partition coefficient (Wildman–Crippen LogP) is 5.47. The van der Waals surface area contributed by atoms with Crippen LogP contribution in [0.1, 0.15) is 31.2 Å². The third kappa shape index (κ3) is 4.31. The molecule has 6 heteroatoms. The molecule has 3 rings (SSSR count). The van der Waals surface area contributed by atoms with Gasteiger partial charge < -0.3 is 10.6 Å². The molecule has 2 aromatic carbocycles. The third-order valence-corrected chi connectivity index (χ3v) is 5.39. The van der Waals surface area contributed by atoms with Gasteiger partial charge in [-0.2, -0.15) is 0 Å². The first-order valence-electron chi connectivity index (χ1n) is 7.97. The summed E-state index contributed by atoms with van der Waals surface area (Å²) in [6.07, 6.45) is 0. The number of nitrogens with one attached hydrogen (secondary N) is 2. The van der Waals surface area contributed by atoms with Crippen LogP contribution in [0.15, 0.2) is 53.9 Å². The van der Waals surface area contributed by atoms with Crippen molar-refractivity contribution in [1.29, 1.82) is 0 Å². The molecular formula is C20H17IN2O2S. The molecule has 2 N–H and O–H groups in total. The molecule has 0 spiro atoms. The van der Waals surface area contributed by atoms with Crippen molar-refractivity contribution < 1.29 is 9.59 Å². The molecule has 0 aliphatic heterocycles. The highest BCUT2D eigenvalue weighted by Gasteiger charge is 2.16. The Morgan fingerprint density at radius 2 is 1.65 bits per heavy atom. The first-order valence-corrected chi connectivity index (χ1v) is 9.93. The van der Waals surface area contributed by atoms with Gasteiger partial charge in [0.15, 0.2) is 0 Å². The highest BCUT2D eigenvalue weighted by molar-refractivity contribution is 14.1. The fourth-order valence-corrected chi connectivity index (χ4v) is 3.66. The van der Waals surface area contributed by atoms with Crippen molar-refractivity contribution in [3.63, 3.8) is 0 Å². The molecule has 0 fully saturated rings. The Morgan fingerprint density at radius 1 is 0.923 bits per heavy atom. The zero-order chi connectivity index (χ0) is 18.7. The molecule has 3 aromatic rings. The highest BCUT2D eigenvalue weighted by atomic mass is 127. The van der Waals surface area contributed by atoms with Gasteiger partial charge in [-0.25, -0.2) is 0 Å². The molecule has 0 aliphatic carbocycles. The van der Waals surface area contributed by atoms with Gasteiger partial charge in [-0.3, -0.25) is 9.59 Å². The number of hydrogen-bond acceptors (Lipinski definition) is 3. The molecule has 4 nitrogen and oxygen atoms in total. The SMILES string of the molecule is Cc1ccc(NC(=O)c2cc(I)ccc2NC(=O)c2cccs2)c(C)c1. The molecule has 0 saturated heterocycles.